The van der Waals surface area contributed by atoms with E-state index >= 15 is 0 Å². The van der Waals surface area contributed by atoms with Gasteiger partial charge in [0, 0.05) is 17.8 Å². The number of aryl methyl sites for hydroxylation is 1. The van der Waals surface area contributed by atoms with Crippen LogP contribution in [-0.4, -0.2) is 12.1 Å². The first kappa shape index (κ1) is 13.1. The van der Waals surface area contributed by atoms with E-state index in [1.165, 1.54) is 10.4 Å². The Morgan fingerprint density at radius 3 is 2.83 bits per heavy atom. The van der Waals surface area contributed by atoms with Crippen LogP contribution in [0.1, 0.15) is 28.1 Å². The summed E-state index contributed by atoms with van der Waals surface area (Å²) in [6, 6.07) is 8.10. The summed E-state index contributed by atoms with van der Waals surface area (Å²) < 4.78 is 5.23. The normalized spacial score (nSPS) is 10.6. The average molecular weight is 262 g/mol. The summed E-state index contributed by atoms with van der Waals surface area (Å²) in [5, 5.41) is 1.13. The van der Waals surface area contributed by atoms with Gasteiger partial charge in [0.05, 0.1) is 17.8 Å². The number of ether oxygens (including phenoxy) is 1. The molecule has 0 radical (unpaired) electrons. The summed E-state index contributed by atoms with van der Waals surface area (Å²) in [6.07, 6.45) is 1.79. The van der Waals surface area contributed by atoms with Gasteiger partial charge in [0.2, 0.25) is 0 Å². The van der Waals surface area contributed by atoms with Crippen LogP contribution in [0.2, 0.25) is 0 Å². The molecule has 0 aliphatic rings. The Balaban J connectivity index is 2.20. The van der Waals surface area contributed by atoms with Crippen LogP contribution >= 0.6 is 11.3 Å². The number of hydrogen-bond acceptors (Lipinski definition) is 4. The summed E-state index contributed by atoms with van der Waals surface area (Å²) in [5.41, 5.74) is 8.09. The highest BCUT2D eigenvalue weighted by Gasteiger charge is 2.09. The highest BCUT2D eigenvalue weighted by Crippen LogP contribution is 2.22. The molecule has 0 saturated carbocycles. The van der Waals surface area contributed by atoms with Gasteiger partial charge in [-0.3, -0.25) is 0 Å². The van der Waals surface area contributed by atoms with Crippen molar-refractivity contribution >= 4 is 11.3 Å². The number of rotatable bonds is 5. The first-order valence-electron chi connectivity index (χ1n) is 6.07. The van der Waals surface area contributed by atoms with Gasteiger partial charge in [0.1, 0.15) is 5.75 Å². The summed E-state index contributed by atoms with van der Waals surface area (Å²) in [5.74, 6) is 0.888. The molecule has 1 aromatic heterocycles. The zero-order valence-corrected chi connectivity index (χ0v) is 11.6. The van der Waals surface area contributed by atoms with Crippen LogP contribution in [-0.2, 0) is 19.4 Å². The van der Waals surface area contributed by atoms with Gasteiger partial charge in [-0.1, -0.05) is 19.1 Å². The minimum atomic E-state index is 0.582. The molecular formula is C14H18N2OS. The van der Waals surface area contributed by atoms with Gasteiger partial charge < -0.3 is 10.5 Å². The second-order valence-corrected chi connectivity index (χ2v) is 5.23. The van der Waals surface area contributed by atoms with E-state index in [1.807, 2.05) is 12.1 Å². The van der Waals surface area contributed by atoms with Crippen molar-refractivity contribution in [2.24, 2.45) is 5.73 Å². The maximum atomic E-state index is 5.73. The molecule has 0 aliphatic heterocycles. The SMILES string of the molecule is CCc1nc(Cc2cccc(OC)c2)sc1CN. The average Bonchev–Trinajstić information content (AvgIpc) is 2.81. The van der Waals surface area contributed by atoms with Crippen molar-refractivity contribution in [1.82, 2.24) is 4.98 Å². The van der Waals surface area contributed by atoms with E-state index in [1.54, 1.807) is 18.4 Å². The molecule has 3 nitrogen and oxygen atoms in total. The molecule has 0 aliphatic carbocycles. The monoisotopic (exact) mass is 262 g/mol. The number of methoxy groups -OCH3 is 1. The Kier molecular flexibility index (Phi) is 4.33. The largest absolute Gasteiger partial charge is 0.497 e. The number of nitrogens with two attached hydrogens (primary N) is 1. The molecule has 2 N–H and O–H groups in total. The molecule has 18 heavy (non-hydrogen) atoms. The van der Waals surface area contributed by atoms with E-state index in [4.69, 9.17) is 10.5 Å². The summed E-state index contributed by atoms with van der Waals surface area (Å²) in [7, 11) is 1.68. The van der Waals surface area contributed by atoms with Gasteiger partial charge >= 0.3 is 0 Å². The molecule has 2 rings (SSSR count). The second kappa shape index (κ2) is 5.98. The van der Waals surface area contributed by atoms with E-state index in [9.17, 15) is 0 Å². The van der Waals surface area contributed by atoms with E-state index < -0.39 is 0 Å². The van der Waals surface area contributed by atoms with Gasteiger partial charge in [-0.05, 0) is 24.1 Å². The lowest BCUT2D eigenvalue weighted by Gasteiger charge is -2.02. The Morgan fingerprint density at radius 2 is 2.22 bits per heavy atom. The molecule has 4 heteroatoms. The van der Waals surface area contributed by atoms with Crippen molar-refractivity contribution in [2.75, 3.05) is 7.11 Å². The molecule has 0 fully saturated rings. The van der Waals surface area contributed by atoms with Gasteiger partial charge in [0.15, 0.2) is 0 Å². The smallest absolute Gasteiger partial charge is 0.119 e. The molecule has 0 bridgehead atoms. The van der Waals surface area contributed by atoms with Gasteiger partial charge in [-0.15, -0.1) is 11.3 Å². The lowest BCUT2D eigenvalue weighted by molar-refractivity contribution is 0.414. The van der Waals surface area contributed by atoms with Crippen molar-refractivity contribution in [3.05, 3.63) is 45.4 Å². The van der Waals surface area contributed by atoms with Crippen molar-refractivity contribution in [2.45, 2.75) is 26.3 Å². The first-order chi connectivity index (χ1) is 8.76. The van der Waals surface area contributed by atoms with E-state index in [-0.39, 0.29) is 0 Å². The molecule has 0 atom stereocenters. The zero-order valence-electron chi connectivity index (χ0n) is 10.8. The number of hydrogen-bond donors (Lipinski definition) is 1. The molecule has 0 unspecified atom stereocenters. The highest BCUT2D eigenvalue weighted by molar-refractivity contribution is 7.11. The minimum Gasteiger partial charge on any atom is -0.497 e. The van der Waals surface area contributed by atoms with Gasteiger partial charge in [0.25, 0.3) is 0 Å². The zero-order chi connectivity index (χ0) is 13.0. The second-order valence-electron chi connectivity index (χ2n) is 4.06. The fourth-order valence-electron chi connectivity index (χ4n) is 1.91. The highest BCUT2D eigenvalue weighted by atomic mass is 32.1. The molecular weight excluding hydrogens is 244 g/mol. The maximum Gasteiger partial charge on any atom is 0.119 e. The molecule has 1 aromatic carbocycles. The van der Waals surface area contributed by atoms with Gasteiger partial charge in [-0.2, -0.15) is 0 Å². The predicted molar refractivity (Wildman–Crippen MR) is 75.2 cm³/mol. The third-order valence-electron chi connectivity index (χ3n) is 2.83. The van der Waals surface area contributed by atoms with Crippen LogP contribution < -0.4 is 10.5 Å². The lowest BCUT2D eigenvalue weighted by atomic mass is 10.1. The Labute approximate surface area is 112 Å². The molecule has 0 amide bonds. The van der Waals surface area contributed by atoms with Gasteiger partial charge in [-0.25, -0.2) is 4.98 Å². The molecule has 0 saturated heterocycles. The van der Waals surface area contributed by atoms with Crippen LogP contribution in [0.15, 0.2) is 24.3 Å². The molecule has 2 aromatic rings. The maximum absolute atomic E-state index is 5.73. The lowest BCUT2D eigenvalue weighted by Crippen LogP contribution is -1.97. The molecule has 1 heterocycles. The topological polar surface area (TPSA) is 48.1 Å². The summed E-state index contributed by atoms with van der Waals surface area (Å²) in [4.78, 5) is 5.85. The third kappa shape index (κ3) is 2.89. The van der Waals surface area contributed by atoms with Crippen molar-refractivity contribution < 1.29 is 4.74 Å². The fraction of sp³-hybridized carbons (Fsp3) is 0.357. The fourth-order valence-corrected chi connectivity index (χ4v) is 2.98. The Morgan fingerprint density at radius 1 is 1.39 bits per heavy atom. The van der Waals surface area contributed by atoms with E-state index in [0.717, 1.165) is 29.3 Å². The van der Waals surface area contributed by atoms with Crippen LogP contribution in [0.25, 0.3) is 0 Å². The van der Waals surface area contributed by atoms with Crippen LogP contribution in [0.5, 0.6) is 5.75 Å². The number of thiazole rings is 1. The first-order valence-corrected chi connectivity index (χ1v) is 6.89. The minimum absolute atomic E-state index is 0.582. The standard InChI is InChI=1S/C14H18N2OS/c1-3-12-13(9-15)18-14(16-12)8-10-5-4-6-11(7-10)17-2/h4-7H,3,8-9,15H2,1-2H3. The number of aromatic nitrogens is 1. The van der Waals surface area contributed by atoms with Crippen LogP contribution in [0, 0.1) is 0 Å². The number of benzene rings is 1. The third-order valence-corrected chi connectivity index (χ3v) is 3.95. The summed E-state index contributed by atoms with van der Waals surface area (Å²) in [6.45, 7) is 2.70. The molecule has 0 spiro atoms. The van der Waals surface area contributed by atoms with Crippen molar-refractivity contribution in [1.29, 1.82) is 0 Å². The van der Waals surface area contributed by atoms with Crippen molar-refractivity contribution in [3.8, 4) is 5.75 Å². The van der Waals surface area contributed by atoms with Crippen molar-refractivity contribution in [3.63, 3.8) is 0 Å². The van der Waals surface area contributed by atoms with Crippen LogP contribution in [0.3, 0.4) is 0 Å². The van der Waals surface area contributed by atoms with Crippen LogP contribution in [0.4, 0.5) is 0 Å². The van der Waals surface area contributed by atoms with E-state index in [0.29, 0.717) is 6.54 Å². The van der Waals surface area contributed by atoms with E-state index in [2.05, 4.69) is 24.0 Å². The summed E-state index contributed by atoms with van der Waals surface area (Å²) >= 11 is 1.72. The molecule has 96 valence electrons. The number of nitrogens with zero attached hydrogens (tertiary/aromatic N) is 1. The quantitative estimate of drug-likeness (QED) is 0.901. The Bertz CT molecular complexity index is 501. The predicted octanol–water partition coefficient (Wildman–Crippen LogP) is 2.76. The Hall–Kier alpha value is -1.39.